The number of nitro groups is 1. The van der Waals surface area contributed by atoms with Gasteiger partial charge in [-0.25, -0.2) is 4.79 Å². The van der Waals surface area contributed by atoms with Crippen molar-refractivity contribution in [3.63, 3.8) is 0 Å². The number of nitro benzene ring substituents is 1. The highest BCUT2D eigenvalue weighted by molar-refractivity contribution is 6.34. The minimum absolute atomic E-state index is 0.0267. The average molecular weight is 513 g/mol. The van der Waals surface area contributed by atoms with Crippen LogP contribution < -0.4 is 4.90 Å². The molecule has 8 nitrogen and oxygen atoms in total. The lowest BCUT2D eigenvalue weighted by Crippen LogP contribution is -2.25. The topological polar surface area (TPSA) is 114 Å². The zero-order valence-electron chi connectivity index (χ0n) is 19.0. The van der Waals surface area contributed by atoms with Crippen LogP contribution in [0.3, 0.4) is 0 Å². The molecule has 5 rings (SSSR count). The first-order chi connectivity index (χ1) is 17.8. The fourth-order valence-electron chi connectivity index (χ4n) is 4.00. The van der Waals surface area contributed by atoms with Crippen molar-refractivity contribution in [2.75, 3.05) is 4.90 Å². The van der Waals surface area contributed by atoms with Crippen LogP contribution in [0, 0.1) is 10.1 Å². The largest absolute Gasteiger partial charge is 0.478 e. The summed E-state index contributed by atoms with van der Waals surface area (Å²) in [6.07, 6.45) is 3.30. The maximum atomic E-state index is 13.6. The number of benzene rings is 3. The molecule has 1 aromatic heterocycles. The number of hydrogen-bond donors (Lipinski definition) is 1. The van der Waals surface area contributed by atoms with Gasteiger partial charge in [0, 0.05) is 23.3 Å². The van der Waals surface area contributed by atoms with E-state index in [1.54, 1.807) is 42.5 Å². The van der Waals surface area contributed by atoms with Crippen molar-refractivity contribution in [3.05, 3.63) is 129 Å². The first-order valence-corrected chi connectivity index (χ1v) is 11.4. The van der Waals surface area contributed by atoms with Crippen molar-refractivity contribution < 1.29 is 24.0 Å². The summed E-state index contributed by atoms with van der Waals surface area (Å²) in [5.41, 5.74) is 2.52. The van der Waals surface area contributed by atoms with Crippen LogP contribution in [0.15, 0.2) is 101 Å². The molecule has 0 radical (unpaired) electrons. The third kappa shape index (κ3) is 4.65. The van der Waals surface area contributed by atoms with Crippen molar-refractivity contribution in [2.24, 2.45) is 0 Å². The fraction of sp³-hybridized carbons (Fsp3) is 0. The van der Waals surface area contributed by atoms with Crippen molar-refractivity contribution >= 4 is 46.6 Å². The summed E-state index contributed by atoms with van der Waals surface area (Å²) in [7, 11) is 0. The van der Waals surface area contributed by atoms with Gasteiger partial charge in [-0.15, -0.1) is 0 Å². The van der Waals surface area contributed by atoms with Crippen LogP contribution in [0.5, 0.6) is 0 Å². The molecule has 0 saturated heterocycles. The minimum Gasteiger partial charge on any atom is -0.478 e. The molecule has 0 atom stereocenters. The van der Waals surface area contributed by atoms with Gasteiger partial charge >= 0.3 is 5.97 Å². The summed E-state index contributed by atoms with van der Waals surface area (Å²) in [4.78, 5) is 37.1. The quantitative estimate of drug-likeness (QED) is 0.175. The Hall–Kier alpha value is -4.95. The highest BCUT2D eigenvalue weighted by Gasteiger charge is 2.31. The molecule has 1 aliphatic heterocycles. The molecule has 1 N–H and O–H groups in total. The number of aromatic carboxylic acids is 1. The number of non-ortho nitro benzene ring substituents is 1. The fourth-order valence-corrected chi connectivity index (χ4v) is 4.19. The first kappa shape index (κ1) is 23.8. The molecule has 0 unspecified atom stereocenters. The maximum Gasteiger partial charge on any atom is 0.337 e. The van der Waals surface area contributed by atoms with Crippen LogP contribution in [-0.4, -0.2) is 21.9 Å². The lowest BCUT2D eigenvalue weighted by atomic mass is 10.1. The lowest BCUT2D eigenvalue weighted by Gasteiger charge is -2.21. The van der Waals surface area contributed by atoms with Crippen LogP contribution >= 0.6 is 11.6 Å². The molecule has 1 amide bonds. The minimum atomic E-state index is -1.20. The molecule has 182 valence electrons. The number of rotatable bonds is 6. The van der Waals surface area contributed by atoms with E-state index in [0.29, 0.717) is 34.0 Å². The Morgan fingerprint density at radius 3 is 2.38 bits per heavy atom. The van der Waals surface area contributed by atoms with E-state index in [9.17, 15) is 24.8 Å². The molecule has 3 aromatic carbocycles. The summed E-state index contributed by atoms with van der Waals surface area (Å²) < 4.78 is 5.89. The van der Waals surface area contributed by atoms with Gasteiger partial charge in [-0.3, -0.25) is 19.8 Å². The Labute approximate surface area is 215 Å². The summed E-state index contributed by atoms with van der Waals surface area (Å²) in [5.74, 6) is -0.677. The van der Waals surface area contributed by atoms with E-state index in [1.807, 2.05) is 30.3 Å². The van der Waals surface area contributed by atoms with Crippen LogP contribution in [0.25, 0.3) is 23.1 Å². The second-order valence-electron chi connectivity index (χ2n) is 8.11. The predicted octanol–water partition coefficient (Wildman–Crippen LogP) is 6.68. The molecule has 0 bridgehead atoms. The number of halogens is 1. The van der Waals surface area contributed by atoms with E-state index in [4.69, 9.17) is 16.0 Å². The highest BCUT2D eigenvalue weighted by atomic mass is 35.5. The SMILES string of the molecule is O=C(O)c1cc(N2C(=O)/C(=C/c3ccc(-c4ccc([N+](=O)[O-])cc4)o3)C=C2c2ccccc2)ccc1Cl. The Balaban J connectivity index is 1.53. The Kier molecular flexibility index (Phi) is 6.17. The van der Waals surface area contributed by atoms with Crippen molar-refractivity contribution in [1.29, 1.82) is 0 Å². The van der Waals surface area contributed by atoms with Crippen LogP contribution in [-0.2, 0) is 4.79 Å². The van der Waals surface area contributed by atoms with Gasteiger partial charge in [0.2, 0.25) is 0 Å². The Bertz CT molecular complexity index is 1600. The Morgan fingerprint density at radius 2 is 1.70 bits per heavy atom. The number of amides is 1. The van der Waals surface area contributed by atoms with Crippen LogP contribution in [0.4, 0.5) is 11.4 Å². The molecule has 0 aliphatic carbocycles. The van der Waals surface area contributed by atoms with E-state index < -0.39 is 10.9 Å². The Morgan fingerprint density at radius 1 is 0.973 bits per heavy atom. The van der Waals surface area contributed by atoms with Crippen LogP contribution in [0.2, 0.25) is 5.02 Å². The van der Waals surface area contributed by atoms with E-state index in [0.717, 1.165) is 5.56 Å². The number of anilines is 1. The zero-order valence-corrected chi connectivity index (χ0v) is 19.8. The number of furan rings is 1. The lowest BCUT2D eigenvalue weighted by molar-refractivity contribution is -0.384. The standard InChI is InChI=1S/C28H17ClN2O6/c29-24-12-10-21(16-23(24)28(33)34)30-25(17-4-2-1-3-5-17)15-19(27(30)32)14-22-11-13-26(37-22)18-6-8-20(9-7-18)31(35)36/h1-16H,(H,33,34)/b19-14+. The first-order valence-electron chi connectivity index (χ1n) is 11.0. The van der Waals surface area contributed by atoms with Gasteiger partial charge in [-0.2, -0.15) is 0 Å². The van der Waals surface area contributed by atoms with Gasteiger partial charge in [0.05, 0.1) is 26.9 Å². The van der Waals surface area contributed by atoms with Crippen molar-refractivity contribution in [2.45, 2.75) is 0 Å². The molecule has 37 heavy (non-hydrogen) atoms. The molecule has 0 fully saturated rings. The molecule has 2 heterocycles. The van der Waals surface area contributed by atoms with Gasteiger partial charge < -0.3 is 9.52 Å². The van der Waals surface area contributed by atoms with Gasteiger partial charge in [0.15, 0.2) is 0 Å². The third-order valence-electron chi connectivity index (χ3n) is 5.78. The molecule has 0 spiro atoms. The second kappa shape index (κ2) is 9.60. The molecule has 1 aliphatic rings. The average Bonchev–Trinajstić information content (AvgIpc) is 3.50. The van der Waals surface area contributed by atoms with Gasteiger partial charge in [0.25, 0.3) is 11.6 Å². The van der Waals surface area contributed by atoms with Crippen LogP contribution in [0.1, 0.15) is 21.7 Å². The smallest absolute Gasteiger partial charge is 0.337 e. The van der Waals surface area contributed by atoms with Crippen molar-refractivity contribution in [3.8, 4) is 11.3 Å². The predicted molar refractivity (Wildman–Crippen MR) is 139 cm³/mol. The van der Waals surface area contributed by atoms with E-state index in [-0.39, 0.29) is 22.2 Å². The van der Waals surface area contributed by atoms with E-state index in [2.05, 4.69) is 0 Å². The molecular weight excluding hydrogens is 496 g/mol. The van der Waals surface area contributed by atoms with Crippen molar-refractivity contribution in [1.82, 2.24) is 0 Å². The summed E-state index contributed by atoms with van der Waals surface area (Å²) in [6, 6.07) is 23.0. The number of carboxylic acids is 1. The maximum absolute atomic E-state index is 13.6. The molecule has 0 saturated carbocycles. The monoisotopic (exact) mass is 512 g/mol. The number of carbonyl (C=O) groups excluding carboxylic acids is 1. The van der Waals surface area contributed by atoms with Gasteiger partial charge in [0.1, 0.15) is 11.5 Å². The number of hydrogen-bond acceptors (Lipinski definition) is 5. The third-order valence-corrected chi connectivity index (χ3v) is 6.11. The highest BCUT2D eigenvalue weighted by Crippen LogP contribution is 2.37. The van der Waals surface area contributed by atoms with E-state index >= 15 is 0 Å². The number of carbonyl (C=O) groups is 2. The zero-order chi connectivity index (χ0) is 26.1. The van der Waals surface area contributed by atoms with Gasteiger partial charge in [-0.05, 0) is 60.2 Å². The summed E-state index contributed by atoms with van der Waals surface area (Å²) >= 11 is 6.04. The molecular formula is C28H17ClN2O6. The van der Waals surface area contributed by atoms with Gasteiger partial charge in [-0.1, -0.05) is 41.9 Å². The molecule has 4 aromatic rings. The van der Waals surface area contributed by atoms with E-state index in [1.165, 1.54) is 29.2 Å². The number of carboxylic acid groups (broad SMARTS) is 1. The summed E-state index contributed by atoms with van der Waals surface area (Å²) in [5, 5.41) is 20.5. The summed E-state index contributed by atoms with van der Waals surface area (Å²) in [6.45, 7) is 0. The second-order valence-corrected chi connectivity index (χ2v) is 8.52. The normalized spacial score (nSPS) is 14.2. The molecule has 9 heteroatoms. The number of nitrogens with zero attached hydrogens (tertiary/aromatic N) is 2.